The minimum Gasteiger partial charge on any atom is -0.481 e. The van der Waals surface area contributed by atoms with Crippen molar-refractivity contribution in [2.75, 3.05) is 6.54 Å². The van der Waals surface area contributed by atoms with Gasteiger partial charge in [-0.2, -0.15) is 0 Å². The SMILES string of the molecule is O=C(O)[C@H]1C[C@]2(CCCCNC2=O)N(C(=O)c2ccc(F)cc2)[C@H]1c1ccco1. The van der Waals surface area contributed by atoms with E-state index in [1.807, 2.05) is 0 Å². The molecule has 29 heavy (non-hydrogen) atoms. The lowest BCUT2D eigenvalue weighted by atomic mass is 9.86. The molecule has 0 bridgehead atoms. The number of nitrogens with one attached hydrogen (secondary N) is 1. The highest BCUT2D eigenvalue weighted by molar-refractivity contribution is 6.01. The van der Waals surface area contributed by atoms with Crippen LogP contribution in [0.4, 0.5) is 4.39 Å². The summed E-state index contributed by atoms with van der Waals surface area (Å²) in [6, 6.07) is 7.30. The van der Waals surface area contributed by atoms with Gasteiger partial charge in [0.15, 0.2) is 0 Å². The highest BCUT2D eigenvalue weighted by Gasteiger charge is 2.61. The fourth-order valence-corrected chi connectivity index (χ4v) is 4.53. The largest absolute Gasteiger partial charge is 0.481 e. The number of carbonyl (C=O) groups excluding carboxylic acids is 2. The van der Waals surface area contributed by atoms with E-state index in [0.717, 1.165) is 6.42 Å². The summed E-state index contributed by atoms with van der Waals surface area (Å²) in [6.07, 6.45) is 3.17. The molecular weight excluding hydrogens is 379 g/mol. The van der Waals surface area contributed by atoms with Gasteiger partial charge in [0.1, 0.15) is 23.2 Å². The average molecular weight is 400 g/mol. The predicted octanol–water partition coefficient (Wildman–Crippen LogP) is 2.75. The van der Waals surface area contributed by atoms with Gasteiger partial charge >= 0.3 is 5.97 Å². The van der Waals surface area contributed by atoms with Crippen molar-refractivity contribution in [3.05, 3.63) is 59.8 Å². The molecule has 2 fully saturated rings. The second-order valence-corrected chi connectivity index (χ2v) is 7.54. The predicted molar refractivity (Wildman–Crippen MR) is 99.4 cm³/mol. The lowest BCUT2D eigenvalue weighted by molar-refractivity contribution is -0.142. The molecule has 4 rings (SSSR count). The zero-order valence-corrected chi connectivity index (χ0v) is 15.6. The topological polar surface area (TPSA) is 99.9 Å². The molecule has 3 atom stereocenters. The average Bonchev–Trinajstić information content (AvgIpc) is 3.29. The Bertz CT molecular complexity index is 927. The molecule has 0 unspecified atom stereocenters. The monoisotopic (exact) mass is 400 g/mol. The summed E-state index contributed by atoms with van der Waals surface area (Å²) in [4.78, 5) is 40.2. The number of rotatable bonds is 3. The van der Waals surface area contributed by atoms with E-state index in [-0.39, 0.29) is 17.9 Å². The number of carboxylic acids is 1. The first-order valence-electron chi connectivity index (χ1n) is 9.58. The van der Waals surface area contributed by atoms with Crippen LogP contribution in [0.2, 0.25) is 0 Å². The van der Waals surface area contributed by atoms with Gasteiger partial charge in [-0.05, 0) is 62.1 Å². The van der Waals surface area contributed by atoms with E-state index in [4.69, 9.17) is 4.42 Å². The molecule has 0 radical (unpaired) electrons. The maximum absolute atomic E-state index is 13.6. The summed E-state index contributed by atoms with van der Waals surface area (Å²) in [5.41, 5.74) is -1.12. The molecule has 2 saturated heterocycles. The summed E-state index contributed by atoms with van der Waals surface area (Å²) in [5, 5.41) is 12.7. The highest BCUT2D eigenvalue weighted by Crippen LogP contribution is 2.50. The number of hydrogen-bond acceptors (Lipinski definition) is 4. The zero-order chi connectivity index (χ0) is 20.6. The Labute approximate surface area is 166 Å². The number of halogens is 1. The minimum atomic E-state index is -1.30. The molecule has 1 aromatic heterocycles. The Morgan fingerprint density at radius 2 is 1.97 bits per heavy atom. The molecule has 2 amide bonds. The summed E-state index contributed by atoms with van der Waals surface area (Å²) >= 11 is 0. The van der Waals surface area contributed by atoms with Crippen molar-refractivity contribution in [2.45, 2.75) is 37.3 Å². The van der Waals surface area contributed by atoms with Gasteiger partial charge < -0.3 is 19.7 Å². The van der Waals surface area contributed by atoms with Crippen molar-refractivity contribution in [3.8, 4) is 0 Å². The highest BCUT2D eigenvalue weighted by atomic mass is 19.1. The molecule has 0 saturated carbocycles. The van der Waals surface area contributed by atoms with Crippen LogP contribution >= 0.6 is 0 Å². The number of furan rings is 1. The number of likely N-dealkylation sites (tertiary alicyclic amines) is 1. The Hall–Kier alpha value is -3.16. The Morgan fingerprint density at radius 1 is 1.21 bits per heavy atom. The third-order valence-electron chi connectivity index (χ3n) is 5.87. The Balaban J connectivity index is 1.87. The van der Waals surface area contributed by atoms with E-state index in [2.05, 4.69) is 5.32 Å². The summed E-state index contributed by atoms with van der Waals surface area (Å²) < 4.78 is 18.9. The van der Waals surface area contributed by atoms with Gasteiger partial charge in [0.05, 0.1) is 12.2 Å². The van der Waals surface area contributed by atoms with Gasteiger partial charge in [0.25, 0.3) is 5.91 Å². The quantitative estimate of drug-likeness (QED) is 0.825. The van der Waals surface area contributed by atoms with E-state index >= 15 is 0 Å². The fraction of sp³-hybridized carbons (Fsp3) is 0.381. The zero-order valence-electron chi connectivity index (χ0n) is 15.6. The number of nitrogens with zero attached hydrogens (tertiary/aromatic N) is 1. The van der Waals surface area contributed by atoms with Crippen molar-refractivity contribution in [1.82, 2.24) is 10.2 Å². The molecule has 2 aliphatic heterocycles. The first kappa shape index (κ1) is 19.2. The Kier molecular flexibility index (Phi) is 4.86. The molecule has 8 heteroatoms. The molecule has 3 heterocycles. The summed E-state index contributed by atoms with van der Waals surface area (Å²) in [7, 11) is 0. The number of aliphatic carboxylic acids is 1. The van der Waals surface area contributed by atoms with Crippen molar-refractivity contribution >= 4 is 17.8 Å². The lowest BCUT2D eigenvalue weighted by Gasteiger charge is -2.38. The number of benzene rings is 1. The molecule has 0 aliphatic carbocycles. The number of carboxylic acid groups (broad SMARTS) is 1. The van der Waals surface area contributed by atoms with Crippen LogP contribution in [-0.2, 0) is 9.59 Å². The van der Waals surface area contributed by atoms with Crippen LogP contribution in [0.1, 0.15) is 47.8 Å². The van der Waals surface area contributed by atoms with Crippen LogP contribution in [-0.4, -0.2) is 39.9 Å². The maximum Gasteiger partial charge on any atom is 0.309 e. The molecule has 2 N–H and O–H groups in total. The van der Waals surface area contributed by atoms with Gasteiger partial charge in [0.2, 0.25) is 5.91 Å². The van der Waals surface area contributed by atoms with Crippen molar-refractivity contribution in [2.24, 2.45) is 5.92 Å². The third kappa shape index (κ3) is 3.18. The third-order valence-corrected chi connectivity index (χ3v) is 5.87. The smallest absolute Gasteiger partial charge is 0.309 e. The number of carbonyl (C=O) groups is 3. The van der Waals surface area contributed by atoms with Crippen LogP contribution in [0.25, 0.3) is 0 Å². The first-order chi connectivity index (χ1) is 13.9. The van der Waals surface area contributed by atoms with E-state index in [9.17, 15) is 23.9 Å². The Morgan fingerprint density at radius 3 is 2.62 bits per heavy atom. The molecule has 7 nitrogen and oxygen atoms in total. The van der Waals surface area contributed by atoms with Crippen LogP contribution in [0.15, 0.2) is 47.1 Å². The number of hydrogen-bond donors (Lipinski definition) is 2. The van der Waals surface area contributed by atoms with Crippen LogP contribution in [0.3, 0.4) is 0 Å². The summed E-state index contributed by atoms with van der Waals surface area (Å²) in [5.74, 6) is -3.16. The van der Waals surface area contributed by atoms with Crippen LogP contribution in [0, 0.1) is 11.7 Å². The number of amides is 2. The molecule has 2 aliphatic rings. The molecule has 1 aromatic carbocycles. The minimum absolute atomic E-state index is 0.00747. The molecular formula is C21H21FN2O5. The van der Waals surface area contributed by atoms with Crippen molar-refractivity contribution in [1.29, 1.82) is 0 Å². The second kappa shape index (κ2) is 7.35. The van der Waals surface area contributed by atoms with Gasteiger partial charge in [-0.1, -0.05) is 0 Å². The van der Waals surface area contributed by atoms with E-state index in [1.165, 1.54) is 35.4 Å². The van der Waals surface area contributed by atoms with Crippen molar-refractivity contribution in [3.63, 3.8) is 0 Å². The van der Waals surface area contributed by atoms with Gasteiger partial charge in [-0.3, -0.25) is 14.4 Å². The van der Waals surface area contributed by atoms with Crippen LogP contribution < -0.4 is 5.32 Å². The normalized spacial score (nSPS) is 26.9. The first-order valence-corrected chi connectivity index (χ1v) is 9.58. The molecule has 1 spiro atoms. The maximum atomic E-state index is 13.6. The second-order valence-electron chi connectivity index (χ2n) is 7.54. The molecule has 152 valence electrons. The van der Waals surface area contributed by atoms with Crippen molar-refractivity contribution < 1.29 is 28.3 Å². The van der Waals surface area contributed by atoms with Gasteiger partial charge in [0, 0.05) is 12.1 Å². The summed E-state index contributed by atoms with van der Waals surface area (Å²) in [6.45, 7) is 0.475. The lowest BCUT2D eigenvalue weighted by Crippen LogP contribution is -2.57. The van der Waals surface area contributed by atoms with Gasteiger partial charge in [-0.15, -0.1) is 0 Å². The van der Waals surface area contributed by atoms with E-state index in [1.54, 1.807) is 12.1 Å². The van der Waals surface area contributed by atoms with E-state index < -0.39 is 35.2 Å². The van der Waals surface area contributed by atoms with E-state index in [0.29, 0.717) is 25.1 Å². The van der Waals surface area contributed by atoms with Gasteiger partial charge in [-0.25, -0.2) is 4.39 Å². The standard InChI is InChI=1S/C21H21FN2O5/c22-14-7-5-13(6-8-14)18(25)24-17(16-4-3-11-29-16)15(19(26)27)12-21(24)9-1-2-10-23-20(21)28/h3-8,11,15,17H,1-2,9-10,12H2,(H,23,28)(H,26,27)/t15-,17+,21-/m0/s1. The van der Waals surface area contributed by atoms with Crippen LogP contribution in [0.5, 0.6) is 0 Å². The fourth-order valence-electron chi connectivity index (χ4n) is 4.53. The molecule has 2 aromatic rings.